The zero-order valence-electron chi connectivity index (χ0n) is 18.7. The van der Waals surface area contributed by atoms with E-state index in [1.807, 2.05) is 13.0 Å². The Morgan fingerprint density at radius 2 is 2.15 bits per heavy atom. The summed E-state index contributed by atoms with van der Waals surface area (Å²) in [5, 5.41) is 26.5. The molecule has 0 bridgehead atoms. The zero-order valence-corrected chi connectivity index (χ0v) is 18.7. The van der Waals surface area contributed by atoms with Gasteiger partial charge in [-0.05, 0) is 62.6 Å². The van der Waals surface area contributed by atoms with E-state index in [2.05, 4.69) is 5.32 Å². The first-order valence-corrected chi connectivity index (χ1v) is 11.3. The van der Waals surface area contributed by atoms with Gasteiger partial charge in [-0.15, -0.1) is 0 Å². The minimum atomic E-state index is -0.596. The summed E-state index contributed by atoms with van der Waals surface area (Å²) >= 11 is 0. The first-order chi connectivity index (χ1) is 15.9. The third-order valence-electron chi connectivity index (χ3n) is 6.45. The second-order valence-electron chi connectivity index (χ2n) is 8.68. The predicted octanol–water partition coefficient (Wildman–Crippen LogP) is 2.35. The number of esters is 1. The SMILES string of the molecule is CCn1nc(CCCOC(=O)c2cc(O)cc(C#N)c2)c2c1C(=O)NCC1(CCOCC1)C2. The number of aryl methyl sites for hydroxylation is 2. The Balaban J connectivity index is 1.45. The van der Waals surface area contributed by atoms with Gasteiger partial charge in [0.2, 0.25) is 0 Å². The first-order valence-electron chi connectivity index (χ1n) is 11.3. The van der Waals surface area contributed by atoms with E-state index >= 15 is 0 Å². The molecule has 2 N–H and O–H groups in total. The molecule has 9 nitrogen and oxygen atoms in total. The third-order valence-corrected chi connectivity index (χ3v) is 6.45. The Bertz CT molecular complexity index is 1100. The van der Waals surface area contributed by atoms with Crippen LogP contribution in [0.4, 0.5) is 0 Å². The van der Waals surface area contributed by atoms with Crippen molar-refractivity contribution in [1.82, 2.24) is 15.1 Å². The van der Waals surface area contributed by atoms with Gasteiger partial charge in [0.05, 0.1) is 29.5 Å². The molecule has 1 saturated heterocycles. The van der Waals surface area contributed by atoms with E-state index < -0.39 is 5.97 Å². The quantitative estimate of drug-likeness (QED) is 0.509. The first kappa shape index (κ1) is 22.8. The van der Waals surface area contributed by atoms with Crippen LogP contribution in [0, 0.1) is 16.7 Å². The molecule has 0 atom stereocenters. The summed E-state index contributed by atoms with van der Waals surface area (Å²) in [5.41, 5.74) is 2.80. The summed E-state index contributed by atoms with van der Waals surface area (Å²) in [7, 11) is 0. The number of carbonyl (C=O) groups is 2. The molecule has 1 amide bonds. The predicted molar refractivity (Wildman–Crippen MR) is 118 cm³/mol. The molecule has 1 aromatic heterocycles. The van der Waals surface area contributed by atoms with Gasteiger partial charge in [0.25, 0.3) is 5.91 Å². The molecule has 1 aromatic carbocycles. The zero-order chi connectivity index (χ0) is 23.4. The van der Waals surface area contributed by atoms with Crippen molar-refractivity contribution in [2.45, 2.75) is 45.6 Å². The van der Waals surface area contributed by atoms with E-state index in [1.54, 1.807) is 4.68 Å². The molecule has 33 heavy (non-hydrogen) atoms. The smallest absolute Gasteiger partial charge is 0.338 e. The molecule has 0 aliphatic carbocycles. The van der Waals surface area contributed by atoms with Gasteiger partial charge in [-0.2, -0.15) is 10.4 Å². The highest BCUT2D eigenvalue weighted by Gasteiger charge is 2.39. The second kappa shape index (κ2) is 9.63. The summed E-state index contributed by atoms with van der Waals surface area (Å²) in [6.45, 7) is 4.75. The third kappa shape index (κ3) is 4.86. The van der Waals surface area contributed by atoms with Crippen molar-refractivity contribution in [3.8, 4) is 11.8 Å². The van der Waals surface area contributed by atoms with Gasteiger partial charge in [-0.25, -0.2) is 4.79 Å². The minimum absolute atomic E-state index is 0.0181. The van der Waals surface area contributed by atoms with Crippen LogP contribution in [-0.4, -0.2) is 53.1 Å². The van der Waals surface area contributed by atoms with Gasteiger partial charge in [0.1, 0.15) is 11.4 Å². The lowest BCUT2D eigenvalue weighted by atomic mass is 9.75. The van der Waals surface area contributed by atoms with Gasteiger partial charge >= 0.3 is 5.97 Å². The Morgan fingerprint density at radius 1 is 1.36 bits per heavy atom. The number of carbonyl (C=O) groups excluding carboxylic acids is 2. The Morgan fingerprint density at radius 3 is 2.88 bits per heavy atom. The van der Waals surface area contributed by atoms with Crippen molar-refractivity contribution in [3.05, 3.63) is 46.3 Å². The van der Waals surface area contributed by atoms with E-state index in [9.17, 15) is 14.7 Å². The maximum absolute atomic E-state index is 12.9. The fourth-order valence-corrected chi connectivity index (χ4v) is 4.65. The van der Waals surface area contributed by atoms with Gasteiger partial charge in [-0.3, -0.25) is 9.48 Å². The molecule has 1 spiro atoms. The number of ether oxygens (including phenoxy) is 2. The lowest BCUT2D eigenvalue weighted by Gasteiger charge is -2.36. The monoisotopic (exact) mass is 452 g/mol. The molecule has 9 heteroatoms. The van der Waals surface area contributed by atoms with Crippen LogP contribution < -0.4 is 5.32 Å². The standard InChI is InChI=1S/C24H28N4O5/c1-2-28-21-19(13-24(15-26-22(21)30)5-8-32-9-6-24)20(27-28)4-3-7-33-23(31)17-10-16(14-25)11-18(29)12-17/h10-12,29H,2-9,13,15H2,1H3,(H,26,30). The topological polar surface area (TPSA) is 126 Å². The number of rotatable bonds is 6. The number of hydrogen-bond acceptors (Lipinski definition) is 7. The summed E-state index contributed by atoms with van der Waals surface area (Å²) in [5.74, 6) is -0.840. The molecular weight excluding hydrogens is 424 g/mol. The number of phenols is 1. The van der Waals surface area contributed by atoms with Crippen LogP contribution in [0.3, 0.4) is 0 Å². The maximum Gasteiger partial charge on any atom is 0.338 e. The second-order valence-corrected chi connectivity index (χ2v) is 8.68. The molecule has 2 aliphatic heterocycles. The van der Waals surface area contributed by atoms with Crippen LogP contribution >= 0.6 is 0 Å². The van der Waals surface area contributed by atoms with Crippen molar-refractivity contribution >= 4 is 11.9 Å². The summed E-state index contributed by atoms with van der Waals surface area (Å²) in [4.78, 5) is 25.2. The van der Waals surface area contributed by atoms with Crippen LogP contribution in [-0.2, 0) is 28.9 Å². The van der Waals surface area contributed by atoms with E-state index in [0.29, 0.717) is 44.8 Å². The molecular formula is C24H28N4O5. The highest BCUT2D eigenvalue weighted by atomic mass is 16.5. The number of hydrogen-bond donors (Lipinski definition) is 2. The fraction of sp³-hybridized carbons (Fsp3) is 0.500. The number of fused-ring (bicyclic) bond motifs is 1. The molecule has 0 radical (unpaired) electrons. The van der Waals surface area contributed by atoms with Gasteiger partial charge in [-0.1, -0.05) is 0 Å². The molecule has 1 fully saturated rings. The molecule has 0 unspecified atom stereocenters. The summed E-state index contributed by atoms with van der Waals surface area (Å²) < 4.78 is 12.7. The number of benzene rings is 1. The van der Waals surface area contributed by atoms with Gasteiger partial charge in [0, 0.05) is 31.9 Å². The number of nitrogens with one attached hydrogen (secondary N) is 1. The normalized spacial score (nSPS) is 17.0. The van der Waals surface area contributed by atoms with Crippen LogP contribution in [0.1, 0.15) is 63.9 Å². The van der Waals surface area contributed by atoms with Crippen LogP contribution in [0.25, 0.3) is 0 Å². The summed E-state index contributed by atoms with van der Waals surface area (Å²) in [6.07, 6.45) is 3.69. The highest BCUT2D eigenvalue weighted by molar-refractivity contribution is 5.95. The molecule has 2 aromatic rings. The number of aromatic nitrogens is 2. The molecule has 174 valence electrons. The van der Waals surface area contributed by atoms with Crippen LogP contribution in [0.5, 0.6) is 5.75 Å². The van der Waals surface area contributed by atoms with Gasteiger partial charge in [0.15, 0.2) is 0 Å². The lowest BCUT2D eigenvalue weighted by Crippen LogP contribution is -2.40. The number of amides is 1. The molecule has 2 aliphatic rings. The fourth-order valence-electron chi connectivity index (χ4n) is 4.65. The van der Waals surface area contributed by atoms with Crippen molar-refractivity contribution in [1.29, 1.82) is 5.26 Å². The van der Waals surface area contributed by atoms with Crippen molar-refractivity contribution < 1.29 is 24.2 Å². The number of aromatic hydroxyl groups is 1. The molecule has 3 heterocycles. The molecule has 4 rings (SSSR count). The maximum atomic E-state index is 12.9. The number of phenolic OH excluding ortho intramolecular Hbond substituents is 1. The average molecular weight is 453 g/mol. The molecule has 0 saturated carbocycles. The lowest BCUT2D eigenvalue weighted by molar-refractivity contribution is 0.0160. The van der Waals surface area contributed by atoms with Crippen molar-refractivity contribution in [2.24, 2.45) is 5.41 Å². The number of nitrogens with zero attached hydrogens (tertiary/aromatic N) is 3. The van der Waals surface area contributed by atoms with E-state index in [-0.39, 0.29) is 34.8 Å². The van der Waals surface area contributed by atoms with Crippen LogP contribution in [0.2, 0.25) is 0 Å². The van der Waals surface area contributed by atoms with E-state index in [1.165, 1.54) is 18.2 Å². The highest BCUT2D eigenvalue weighted by Crippen LogP contribution is 2.37. The Hall–Kier alpha value is -3.38. The summed E-state index contributed by atoms with van der Waals surface area (Å²) in [6, 6.07) is 5.85. The van der Waals surface area contributed by atoms with Crippen molar-refractivity contribution in [2.75, 3.05) is 26.4 Å². The van der Waals surface area contributed by atoms with Crippen molar-refractivity contribution in [3.63, 3.8) is 0 Å². The van der Waals surface area contributed by atoms with E-state index in [0.717, 1.165) is 30.5 Å². The minimum Gasteiger partial charge on any atom is -0.508 e. The largest absolute Gasteiger partial charge is 0.508 e. The van der Waals surface area contributed by atoms with E-state index in [4.69, 9.17) is 19.8 Å². The number of nitriles is 1. The van der Waals surface area contributed by atoms with Gasteiger partial charge < -0.3 is 19.9 Å². The average Bonchev–Trinajstić information content (AvgIpc) is 3.10. The Kier molecular flexibility index (Phi) is 6.65. The Labute approximate surface area is 192 Å². The van der Waals surface area contributed by atoms with Crippen LogP contribution in [0.15, 0.2) is 18.2 Å².